The Bertz CT molecular complexity index is 783. The van der Waals surface area contributed by atoms with Crippen LogP contribution in [0.4, 0.5) is 5.69 Å². The van der Waals surface area contributed by atoms with E-state index < -0.39 is 16.9 Å². The summed E-state index contributed by atoms with van der Waals surface area (Å²) in [6.45, 7) is 3.79. The molecule has 7 nitrogen and oxygen atoms in total. The average molecular weight is 345 g/mol. The Balaban J connectivity index is 2.07. The standard InChI is InChI=1S/C16H15N3O4S/c1-3-23-15(20)13-10(2)17-16-18(8-9-24-16)14(13)11-4-6-12(7-5-11)19(21)22/h4-9,14H,3H2,1-2H3/t14-/m0/s1. The summed E-state index contributed by atoms with van der Waals surface area (Å²) in [7, 11) is 0. The van der Waals surface area contributed by atoms with Crippen molar-refractivity contribution in [1.29, 1.82) is 0 Å². The minimum absolute atomic E-state index is 0.00757. The topological polar surface area (TPSA) is 85.0 Å². The monoisotopic (exact) mass is 345 g/mol. The number of nitro benzene ring substituents is 1. The summed E-state index contributed by atoms with van der Waals surface area (Å²) in [6, 6.07) is 5.78. The van der Waals surface area contributed by atoms with Crippen LogP contribution in [-0.2, 0) is 9.53 Å². The van der Waals surface area contributed by atoms with Crippen LogP contribution in [0.1, 0.15) is 25.5 Å². The summed E-state index contributed by atoms with van der Waals surface area (Å²) >= 11 is 1.46. The number of allylic oxidation sites excluding steroid dienone is 1. The number of hydrogen-bond donors (Lipinski definition) is 0. The van der Waals surface area contributed by atoms with Crippen molar-refractivity contribution < 1.29 is 14.5 Å². The molecule has 24 heavy (non-hydrogen) atoms. The highest BCUT2D eigenvalue weighted by Gasteiger charge is 2.37. The van der Waals surface area contributed by atoms with Crippen LogP contribution in [0.15, 0.2) is 52.1 Å². The minimum atomic E-state index is -0.448. The van der Waals surface area contributed by atoms with Crippen LogP contribution in [0.2, 0.25) is 0 Å². The van der Waals surface area contributed by atoms with Gasteiger partial charge in [-0.25, -0.2) is 9.79 Å². The third-order valence-corrected chi connectivity index (χ3v) is 4.51. The molecule has 0 N–H and O–H groups in total. The number of aliphatic imine (C=N–C) groups is 1. The number of fused-ring (bicyclic) bond motifs is 1. The highest BCUT2D eigenvalue weighted by Crippen LogP contribution is 2.41. The minimum Gasteiger partial charge on any atom is -0.463 e. The quantitative estimate of drug-likeness (QED) is 0.472. The fourth-order valence-corrected chi connectivity index (χ4v) is 3.47. The molecule has 0 radical (unpaired) electrons. The van der Waals surface area contributed by atoms with Gasteiger partial charge in [0.2, 0.25) is 0 Å². The van der Waals surface area contributed by atoms with Gasteiger partial charge >= 0.3 is 5.97 Å². The van der Waals surface area contributed by atoms with Gasteiger partial charge < -0.3 is 9.64 Å². The number of carbonyl (C=O) groups excluding carboxylic acids is 1. The Hall–Kier alpha value is -2.61. The van der Waals surface area contributed by atoms with Crippen LogP contribution >= 0.6 is 11.8 Å². The maximum Gasteiger partial charge on any atom is 0.338 e. The summed E-state index contributed by atoms with van der Waals surface area (Å²) in [5, 5.41) is 13.5. The zero-order chi connectivity index (χ0) is 17.3. The largest absolute Gasteiger partial charge is 0.463 e. The van der Waals surface area contributed by atoms with E-state index in [4.69, 9.17) is 4.74 Å². The van der Waals surface area contributed by atoms with Crippen molar-refractivity contribution >= 4 is 28.6 Å². The van der Waals surface area contributed by atoms with E-state index in [0.717, 1.165) is 10.7 Å². The molecule has 0 unspecified atom stereocenters. The lowest BCUT2D eigenvalue weighted by molar-refractivity contribution is -0.384. The average Bonchev–Trinajstić information content (AvgIpc) is 3.01. The molecule has 0 saturated heterocycles. The van der Waals surface area contributed by atoms with E-state index >= 15 is 0 Å². The van der Waals surface area contributed by atoms with Crippen molar-refractivity contribution in [2.45, 2.75) is 19.9 Å². The maximum atomic E-state index is 12.4. The van der Waals surface area contributed by atoms with Crippen molar-refractivity contribution in [2.24, 2.45) is 4.99 Å². The fraction of sp³-hybridized carbons (Fsp3) is 0.250. The van der Waals surface area contributed by atoms with Gasteiger partial charge in [-0.05, 0) is 37.0 Å². The van der Waals surface area contributed by atoms with Crippen molar-refractivity contribution in [3.63, 3.8) is 0 Å². The second-order valence-electron chi connectivity index (χ2n) is 5.18. The summed E-state index contributed by atoms with van der Waals surface area (Å²) in [5.74, 6) is -0.425. The lowest BCUT2D eigenvalue weighted by Crippen LogP contribution is -2.34. The molecular weight excluding hydrogens is 330 g/mol. The molecule has 1 atom stereocenters. The molecule has 2 heterocycles. The Morgan fingerprint density at radius 1 is 1.42 bits per heavy atom. The molecule has 2 aliphatic rings. The normalized spacial score (nSPS) is 19.2. The first-order valence-corrected chi connectivity index (χ1v) is 8.23. The van der Waals surface area contributed by atoms with Crippen LogP contribution < -0.4 is 0 Å². The van der Waals surface area contributed by atoms with Crippen LogP contribution in [0, 0.1) is 10.1 Å². The number of rotatable bonds is 4. The van der Waals surface area contributed by atoms with Crippen LogP contribution in [0.25, 0.3) is 0 Å². The van der Waals surface area contributed by atoms with Gasteiger partial charge in [0.15, 0.2) is 5.17 Å². The van der Waals surface area contributed by atoms with Gasteiger partial charge in [-0.1, -0.05) is 11.8 Å². The number of nitrogens with zero attached hydrogens (tertiary/aromatic N) is 3. The SMILES string of the molecule is CCOC(=O)C1=C(C)N=C2SC=CN2[C@H]1c1ccc([N+](=O)[O-])cc1. The van der Waals surface area contributed by atoms with E-state index in [1.54, 1.807) is 26.0 Å². The van der Waals surface area contributed by atoms with Gasteiger partial charge in [-0.3, -0.25) is 10.1 Å². The van der Waals surface area contributed by atoms with Crippen LogP contribution in [-0.4, -0.2) is 27.6 Å². The van der Waals surface area contributed by atoms with E-state index in [1.165, 1.54) is 23.9 Å². The summed E-state index contributed by atoms with van der Waals surface area (Å²) in [4.78, 5) is 29.2. The number of benzene rings is 1. The van der Waals surface area contributed by atoms with Crippen molar-refractivity contribution in [1.82, 2.24) is 4.90 Å². The van der Waals surface area contributed by atoms with Gasteiger partial charge in [0, 0.05) is 18.3 Å². The molecule has 0 fully saturated rings. The van der Waals surface area contributed by atoms with Gasteiger partial charge in [-0.15, -0.1) is 0 Å². The van der Waals surface area contributed by atoms with E-state index in [1.807, 2.05) is 16.5 Å². The van der Waals surface area contributed by atoms with Gasteiger partial charge in [0.05, 0.1) is 28.8 Å². The second kappa shape index (κ2) is 6.48. The highest BCUT2D eigenvalue weighted by atomic mass is 32.2. The molecule has 8 heteroatoms. The lowest BCUT2D eigenvalue weighted by atomic mass is 9.94. The van der Waals surface area contributed by atoms with Crippen LogP contribution in [0.5, 0.6) is 0 Å². The van der Waals surface area contributed by atoms with E-state index in [-0.39, 0.29) is 12.3 Å². The predicted octanol–water partition coefficient (Wildman–Crippen LogP) is 3.36. The van der Waals surface area contributed by atoms with Crippen LogP contribution in [0.3, 0.4) is 0 Å². The first kappa shape index (κ1) is 16.3. The van der Waals surface area contributed by atoms with Crippen molar-refractivity contribution in [3.05, 3.63) is 62.8 Å². The molecule has 0 spiro atoms. The van der Waals surface area contributed by atoms with Gasteiger partial charge in [0.25, 0.3) is 5.69 Å². The number of ether oxygens (including phenoxy) is 1. The molecule has 1 aromatic rings. The zero-order valence-electron chi connectivity index (χ0n) is 13.1. The molecule has 0 aromatic heterocycles. The molecule has 2 aliphatic heterocycles. The maximum absolute atomic E-state index is 12.4. The molecular formula is C16H15N3O4S. The third kappa shape index (κ3) is 2.80. The first-order valence-electron chi connectivity index (χ1n) is 7.35. The third-order valence-electron chi connectivity index (χ3n) is 3.74. The van der Waals surface area contributed by atoms with Gasteiger partial charge in [0.1, 0.15) is 0 Å². The molecule has 124 valence electrons. The predicted molar refractivity (Wildman–Crippen MR) is 91.2 cm³/mol. The molecule has 3 rings (SSSR count). The number of esters is 1. The number of hydrogen-bond acceptors (Lipinski definition) is 7. The van der Waals surface area contributed by atoms with Crippen molar-refractivity contribution in [2.75, 3.05) is 6.61 Å². The summed E-state index contributed by atoms with van der Waals surface area (Å²) in [5.41, 5.74) is 1.82. The smallest absolute Gasteiger partial charge is 0.338 e. The first-order chi connectivity index (χ1) is 11.5. The molecule has 0 aliphatic carbocycles. The van der Waals surface area contributed by atoms with Crippen molar-refractivity contribution in [3.8, 4) is 0 Å². The zero-order valence-corrected chi connectivity index (χ0v) is 13.9. The number of carbonyl (C=O) groups is 1. The number of nitro groups is 1. The molecule has 0 amide bonds. The Morgan fingerprint density at radius 3 is 2.75 bits per heavy atom. The molecule has 0 saturated carbocycles. The number of non-ortho nitro benzene ring substituents is 1. The molecule has 1 aromatic carbocycles. The van der Waals surface area contributed by atoms with E-state index in [2.05, 4.69) is 4.99 Å². The fourth-order valence-electron chi connectivity index (χ4n) is 2.68. The number of amidine groups is 1. The number of thioether (sulfide) groups is 1. The lowest BCUT2D eigenvalue weighted by Gasteiger charge is -2.33. The second-order valence-corrected chi connectivity index (χ2v) is 6.05. The summed E-state index contributed by atoms with van der Waals surface area (Å²) < 4.78 is 5.18. The molecule has 0 bridgehead atoms. The Labute approximate surface area is 142 Å². The van der Waals surface area contributed by atoms with Gasteiger partial charge in [-0.2, -0.15) is 0 Å². The Kier molecular flexibility index (Phi) is 4.39. The summed E-state index contributed by atoms with van der Waals surface area (Å²) in [6.07, 6.45) is 1.85. The Morgan fingerprint density at radius 2 is 2.12 bits per heavy atom. The highest BCUT2D eigenvalue weighted by molar-refractivity contribution is 8.16. The van der Waals surface area contributed by atoms with E-state index in [9.17, 15) is 14.9 Å². The van der Waals surface area contributed by atoms with E-state index in [0.29, 0.717) is 11.3 Å².